The van der Waals surface area contributed by atoms with Gasteiger partial charge >= 0.3 is 0 Å². The zero-order valence-corrected chi connectivity index (χ0v) is 16.8. The summed E-state index contributed by atoms with van der Waals surface area (Å²) in [5, 5.41) is 2.98. The van der Waals surface area contributed by atoms with Gasteiger partial charge in [0.25, 0.3) is 0 Å². The van der Waals surface area contributed by atoms with Crippen molar-refractivity contribution in [2.45, 2.75) is 19.0 Å². The van der Waals surface area contributed by atoms with Gasteiger partial charge in [0.05, 0.1) is 19.3 Å². The molecule has 1 aliphatic heterocycles. The molecule has 2 aromatic rings. The Morgan fingerprint density at radius 1 is 1.04 bits per heavy atom. The average Bonchev–Trinajstić information content (AvgIpc) is 2.68. The first-order chi connectivity index (χ1) is 12.2. The van der Waals surface area contributed by atoms with Crippen LogP contribution in [0, 0.1) is 0 Å². The lowest BCUT2D eigenvalue weighted by Crippen LogP contribution is -2.42. The van der Waals surface area contributed by atoms with E-state index in [-0.39, 0.29) is 30.7 Å². The Balaban J connectivity index is 0.00000182. The molecule has 1 fully saturated rings. The number of ether oxygens (including phenoxy) is 1. The van der Waals surface area contributed by atoms with Gasteiger partial charge in [0, 0.05) is 25.3 Å². The Hall–Kier alpha value is -1.79. The molecule has 0 aliphatic carbocycles. The number of hydrogen-bond acceptors (Lipinski definition) is 4. The fraction of sp³-hybridized carbons (Fsp3) is 0.350. The van der Waals surface area contributed by atoms with E-state index in [1.54, 1.807) is 0 Å². The molecule has 1 aliphatic rings. The van der Waals surface area contributed by atoms with Crippen molar-refractivity contribution < 1.29 is 9.53 Å². The average molecular weight is 412 g/mol. The first kappa shape index (κ1) is 23.2. The molecule has 1 heterocycles. The number of rotatable bonds is 6. The van der Waals surface area contributed by atoms with Crippen molar-refractivity contribution >= 4 is 36.4 Å². The maximum absolute atomic E-state index is 12.3. The molecule has 5 nitrogen and oxygen atoms in total. The third-order valence-corrected chi connectivity index (χ3v) is 4.43. The van der Waals surface area contributed by atoms with Crippen molar-refractivity contribution in [2.75, 3.05) is 31.2 Å². The van der Waals surface area contributed by atoms with Gasteiger partial charge in [0.15, 0.2) is 0 Å². The molecule has 27 heavy (non-hydrogen) atoms. The van der Waals surface area contributed by atoms with Crippen LogP contribution in [0.25, 0.3) is 0 Å². The lowest BCUT2D eigenvalue weighted by Gasteiger charge is -2.30. The standard InChI is InChI=1S/C20H25N3O2.2ClH/c21-18(14-16-6-2-1-3-7-16)20(24)22-15-17-8-4-5-9-19(17)23-10-12-25-13-11-23;;/h1-9,18H,10-15,21H2,(H,22,24);2*1H. The van der Waals surface area contributed by atoms with Crippen LogP contribution < -0.4 is 16.0 Å². The summed E-state index contributed by atoms with van der Waals surface area (Å²) >= 11 is 0. The zero-order chi connectivity index (χ0) is 17.5. The molecule has 0 radical (unpaired) electrons. The van der Waals surface area contributed by atoms with Crippen molar-refractivity contribution in [3.05, 3.63) is 65.7 Å². The maximum atomic E-state index is 12.3. The fourth-order valence-corrected chi connectivity index (χ4v) is 3.05. The summed E-state index contributed by atoms with van der Waals surface area (Å²) in [5.74, 6) is -0.124. The Kier molecular flexibility index (Phi) is 10.2. The third-order valence-electron chi connectivity index (χ3n) is 4.43. The molecular weight excluding hydrogens is 385 g/mol. The molecule has 1 amide bonds. The number of carbonyl (C=O) groups is 1. The second-order valence-corrected chi connectivity index (χ2v) is 6.24. The molecule has 1 atom stereocenters. The molecule has 148 valence electrons. The predicted octanol–water partition coefficient (Wildman–Crippen LogP) is 2.55. The van der Waals surface area contributed by atoms with E-state index in [1.807, 2.05) is 48.5 Å². The summed E-state index contributed by atoms with van der Waals surface area (Å²) in [5.41, 5.74) is 9.38. The Bertz CT molecular complexity index is 695. The minimum atomic E-state index is -0.544. The second-order valence-electron chi connectivity index (χ2n) is 6.24. The topological polar surface area (TPSA) is 67.6 Å². The lowest BCUT2D eigenvalue weighted by atomic mass is 10.1. The van der Waals surface area contributed by atoms with E-state index in [0.29, 0.717) is 13.0 Å². The van der Waals surface area contributed by atoms with Crippen LogP contribution in [0.1, 0.15) is 11.1 Å². The summed E-state index contributed by atoms with van der Waals surface area (Å²) in [7, 11) is 0. The van der Waals surface area contributed by atoms with E-state index >= 15 is 0 Å². The van der Waals surface area contributed by atoms with Gasteiger partial charge in [0.2, 0.25) is 5.91 Å². The van der Waals surface area contributed by atoms with Crippen LogP contribution >= 0.6 is 24.8 Å². The number of nitrogens with zero attached hydrogens (tertiary/aromatic N) is 1. The van der Waals surface area contributed by atoms with Gasteiger partial charge in [-0.05, 0) is 23.6 Å². The highest BCUT2D eigenvalue weighted by Crippen LogP contribution is 2.21. The van der Waals surface area contributed by atoms with E-state index in [1.165, 1.54) is 0 Å². The highest BCUT2D eigenvalue weighted by atomic mass is 35.5. The number of para-hydroxylation sites is 1. The monoisotopic (exact) mass is 411 g/mol. The summed E-state index contributed by atoms with van der Waals surface area (Å²) in [6.45, 7) is 3.71. The first-order valence-corrected chi connectivity index (χ1v) is 8.72. The maximum Gasteiger partial charge on any atom is 0.237 e. The molecule has 0 spiro atoms. The van der Waals surface area contributed by atoms with Crippen LogP contribution in [-0.4, -0.2) is 38.3 Å². The van der Waals surface area contributed by atoms with Crippen molar-refractivity contribution in [3.63, 3.8) is 0 Å². The quantitative estimate of drug-likeness (QED) is 0.766. The minimum absolute atomic E-state index is 0. The van der Waals surface area contributed by atoms with E-state index in [9.17, 15) is 4.79 Å². The van der Waals surface area contributed by atoms with Crippen molar-refractivity contribution in [1.82, 2.24) is 5.32 Å². The van der Waals surface area contributed by atoms with Gasteiger partial charge in [-0.2, -0.15) is 0 Å². The molecule has 1 unspecified atom stereocenters. The molecule has 2 aromatic carbocycles. The van der Waals surface area contributed by atoms with Crippen molar-refractivity contribution in [1.29, 1.82) is 0 Å². The van der Waals surface area contributed by atoms with Gasteiger partial charge in [-0.15, -0.1) is 24.8 Å². The molecule has 3 N–H and O–H groups in total. The van der Waals surface area contributed by atoms with E-state index in [2.05, 4.69) is 16.3 Å². The normalized spacial score (nSPS) is 14.5. The van der Waals surface area contributed by atoms with Crippen LogP contribution in [0.3, 0.4) is 0 Å². The SMILES string of the molecule is Cl.Cl.NC(Cc1ccccc1)C(=O)NCc1ccccc1N1CCOCC1. The molecule has 0 saturated carbocycles. The third kappa shape index (κ3) is 6.70. The number of hydrogen-bond donors (Lipinski definition) is 2. The van der Waals surface area contributed by atoms with E-state index in [4.69, 9.17) is 10.5 Å². The summed E-state index contributed by atoms with van der Waals surface area (Å²) < 4.78 is 5.42. The Morgan fingerprint density at radius 3 is 2.37 bits per heavy atom. The number of amides is 1. The van der Waals surface area contributed by atoms with Crippen LogP contribution in [0.4, 0.5) is 5.69 Å². The lowest BCUT2D eigenvalue weighted by molar-refractivity contribution is -0.122. The highest BCUT2D eigenvalue weighted by Gasteiger charge is 2.17. The van der Waals surface area contributed by atoms with Crippen LogP contribution in [0.2, 0.25) is 0 Å². The smallest absolute Gasteiger partial charge is 0.237 e. The molecule has 1 saturated heterocycles. The van der Waals surface area contributed by atoms with Crippen LogP contribution in [-0.2, 0) is 22.5 Å². The number of nitrogens with one attached hydrogen (secondary N) is 1. The largest absolute Gasteiger partial charge is 0.378 e. The van der Waals surface area contributed by atoms with Crippen LogP contribution in [0.15, 0.2) is 54.6 Å². The molecule has 7 heteroatoms. The number of anilines is 1. The second kappa shape index (κ2) is 11.8. The predicted molar refractivity (Wildman–Crippen MR) is 114 cm³/mol. The van der Waals surface area contributed by atoms with Crippen molar-refractivity contribution in [2.24, 2.45) is 5.73 Å². The van der Waals surface area contributed by atoms with Gasteiger partial charge in [-0.3, -0.25) is 4.79 Å². The summed E-state index contributed by atoms with van der Waals surface area (Å²) in [6, 6.07) is 17.5. The first-order valence-electron chi connectivity index (χ1n) is 8.72. The van der Waals surface area contributed by atoms with Gasteiger partial charge < -0.3 is 20.7 Å². The molecule has 3 rings (SSSR count). The number of morpholine rings is 1. The molecule has 0 bridgehead atoms. The summed E-state index contributed by atoms with van der Waals surface area (Å²) in [4.78, 5) is 14.6. The number of carbonyl (C=O) groups excluding carboxylic acids is 1. The minimum Gasteiger partial charge on any atom is -0.378 e. The zero-order valence-electron chi connectivity index (χ0n) is 15.2. The van der Waals surface area contributed by atoms with Gasteiger partial charge in [-0.1, -0.05) is 48.5 Å². The summed E-state index contributed by atoms with van der Waals surface area (Å²) in [6.07, 6.45) is 0.539. The number of nitrogens with two attached hydrogens (primary N) is 1. The number of halogens is 2. The van der Waals surface area contributed by atoms with Gasteiger partial charge in [-0.25, -0.2) is 0 Å². The van der Waals surface area contributed by atoms with Crippen LogP contribution in [0.5, 0.6) is 0 Å². The van der Waals surface area contributed by atoms with Gasteiger partial charge in [0.1, 0.15) is 0 Å². The Labute approximate surface area is 173 Å². The Morgan fingerprint density at radius 2 is 1.67 bits per heavy atom. The van der Waals surface area contributed by atoms with E-state index in [0.717, 1.165) is 43.1 Å². The highest BCUT2D eigenvalue weighted by molar-refractivity contribution is 5.85. The molecular formula is C20H27Cl2N3O2. The fourth-order valence-electron chi connectivity index (χ4n) is 3.05. The number of benzene rings is 2. The van der Waals surface area contributed by atoms with E-state index < -0.39 is 6.04 Å². The van der Waals surface area contributed by atoms with Crippen molar-refractivity contribution in [3.8, 4) is 0 Å². The molecule has 0 aromatic heterocycles.